The maximum absolute atomic E-state index is 13.0. The zero-order chi connectivity index (χ0) is 24.0. The van der Waals surface area contributed by atoms with Crippen LogP contribution in [0.25, 0.3) is 0 Å². The summed E-state index contributed by atoms with van der Waals surface area (Å²) in [6.07, 6.45) is 9.82. The summed E-state index contributed by atoms with van der Waals surface area (Å²) in [6.45, 7) is 19.4. The zero-order valence-corrected chi connectivity index (χ0v) is 22.5. The summed E-state index contributed by atoms with van der Waals surface area (Å²) in [6, 6.07) is 0. The van der Waals surface area contributed by atoms with E-state index in [9.17, 15) is 9.90 Å². The van der Waals surface area contributed by atoms with E-state index in [1.807, 2.05) is 0 Å². The Kier molecular flexibility index (Phi) is 4.26. The molecule has 3 nitrogen and oxygen atoms in total. The third-order valence-electron chi connectivity index (χ3n) is 14.3. The maximum Gasteiger partial charge on any atom is 0.138 e. The third-order valence-corrected chi connectivity index (χ3v) is 14.3. The highest BCUT2D eigenvalue weighted by atomic mass is 16.6. The number of epoxide rings is 1. The Hall–Kier alpha value is -0.410. The standard InChI is InChI=1S/C30H48O3/c1-24(2)13-9-10-19-27(6)15-11-18-26(5)14-12-21(31)25(3,4)20(26)16-22(32)29(18,8)30(27)23(33-30)17-28(19,24)7/h18-20,22-23,32H,9-17H2,1-8H3/t18-,19+,20+,22-,23+,26-,27+,28+,29+,30+/m1/s1. The number of ketones is 1. The van der Waals surface area contributed by atoms with Crippen molar-refractivity contribution < 1.29 is 14.6 Å². The van der Waals surface area contributed by atoms with E-state index in [4.69, 9.17) is 4.74 Å². The van der Waals surface area contributed by atoms with Crippen molar-refractivity contribution in [1.82, 2.24) is 0 Å². The predicted octanol–water partition coefficient (Wildman–Crippen LogP) is 6.56. The van der Waals surface area contributed by atoms with Crippen LogP contribution in [0.1, 0.15) is 113 Å². The minimum atomic E-state index is -0.392. The van der Waals surface area contributed by atoms with Crippen LogP contribution in [-0.4, -0.2) is 28.7 Å². The van der Waals surface area contributed by atoms with Gasteiger partial charge < -0.3 is 9.84 Å². The lowest BCUT2D eigenvalue weighted by molar-refractivity contribution is -0.265. The zero-order valence-electron chi connectivity index (χ0n) is 22.5. The Morgan fingerprint density at radius 2 is 1.55 bits per heavy atom. The number of rotatable bonds is 0. The van der Waals surface area contributed by atoms with E-state index >= 15 is 0 Å². The lowest BCUT2D eigenvalue weighted by Crippen LogP contribution is -2.74. The van der Waals surface area contributed by atoms with Gasteiger partial charge in [0.1, 0.15) is 11.4 Å². The van der Waals surface area contributed by atoms with Crippen LogP contribution >= 0.6 is 0 Å². The second-order valence-corrected chi connectivity index (χ2v) is 15.5. The first-order valence-electron chi connectivity index (χ1n) is 14.0. The van der Waals surface area contributed by atoms with E-state index in [1.165, 1.54) is 32.1 Å². The SMILES string of the molecule is CC1(C)C(=O)CC[C@]2(C)[C@H]3CC[C@@]4(C)[C@@H]5CCCC(C)(C)[C@@]5(C)C[C@@H]5O[C@@]54[C@]3(C)[C@H](O)C[C@@H]12. The number of hydrogen-bond donors (Lipinski definition) is 1. The monoisotopic (exact) mass is 456 g/mol. The summed E-state index contributed by atoms with van der Waals surface area (Å²) in [5.74, 6) is 1.75. The van der Waals surface area contributed by atoms with Crippen molar-refractivity contribution in [2.75, 3.05) is 0 Å². The summed E-state index contributed by atoms with van der Waals surface area (Å²) in [5, 5.41) is 12.1. The van der Waals surface area contributed by atoms with Gasteiger partial charge in [0.25, 0.3) is 0 Å². The normalized spacial score (nSPS) is 60.5. The Balaban J connectivity index is 1.47. The first kappa shape index (κ1) is 23.0. The Morgan fingerprint density at radius 3 is 2.24 bits per heavy atom. The van der Waals surface area contributed by atoms with Crippen molar-refractivity contribution in [3.8, 4) is 0 Å². The number of fused-ring (bicyclic) bond motifs is 5. The van der Waals surface area contributed by atoms with E-state index in [2.05, 4.69) is 55.4 Å². The molecule has 0 aromatic carbocycles. The molecule has 1 spiro atoms. The molecule has 6 aliphatic rings. The second kappa shape index (κ2) is 6.10. The number of carbonyl (C=O) groups excluding carboxylic acids is 1. The van der Waals surface area contributed by atoms with Gasteiger partial charge in [-0.3, -0.25) is 4.79 Å². The summed E-state index contributed by atoms with van der Waals surface area (Å²) in [4.78, 5) is 13.0. The van der Waals surface area contributed by atoms with Gasteiger partial charge in [0.2, 0.25) is 0 Å². The molecule has 6 rings (SSSR count). The van der Waals surface area contributed by atoms with Gasteiger partial charge in [-0.2, -0.15) is 0 Å². The largest absolute Gasteiger partial charge is 0.392 e. The minimum absolute atomic E-state index is 0.102. The number of Topliss-reactive ketones (excluding diaryl/α,β-unsaturated/α-hetero) is 1. The van der Waals surface area contributed by atoms with Crippen LogP contribution in [0.2, 0.25) is 0 Å². The van der Waals surface area contributed by atoms with Crippen LogP contribution in [0.15, 0.2) is 0 Å². The van der Waals surface area contributed by atoms with Gasteiger partial charge in [-0.05, 0) is 78.9 Å². The first-order chi connectivity index (χ1) is 15.1. The maximum atomic E-state index is 13.0. The van der Waals surface area contributed by atoms with Crippen LogP contribution in [0, 0.1) is 50.2 Å². The molecule has 0 amide bonds. The van der Waals surface area contributed by atoms with Crippen molar-refractivity contribution in [1.29, 1.82) is 0 Å². The summed E-state index contributed by atoms with van der Waals surface area (Å²) in [5.41, 5.74) is 0.108. The van der Waals surface area contributed by atoms with Gasteiger partial charge in [-0.15, -0.1) is 0 Å². The fourth-order valence-electron chi connectivity index (χ4n) is 12.1. The smallest absolute Gasteiger partial charge is 0.138 e. The fourth-order valence-corrected chi connectivity index (χ4v) is 12.1. The van der Waals surface area contributed by atoms with Gasteiger partial charge in [0, 0.05) is 22.7 Å². The number of ether oxygens (including phenoxy) is 1. The number of aliphatic hydroxyl groups excluding tert-OH is 1. The molecule has 186 valence electrons. The highest BCUT2D eigenvalue weighted by Gasteiger charge is 2.87. The number of carbonyl (C=O) groups is 1. The van der Waals surface area contributed by atoms with Crippen LogP contribution < -0.4 is 0 Å². The van der Waals surface area contributed by atoms with Gasteiger partial charge >= 0.3 is 0 Å². The van der Waals surface area contributed by atoms with Crippen LogP contribution in [0.4, 0.5) is 0 Å². The van der Waals surface area contributed by atoms with Gasteiger partial charge in [0.15, 0.2) is 0 Å². The fraction of sp³-hybridized carbons (Fsp3) is 0.967. The van der Waals surface area contributed by atoms with Gasteiger partial charge in [-0.25, -0.2) is 0 Å². The van der Waals surface area contributed by atoms with Crippen molar-refractivity contribution in [3.63, 3.8) is 0 Å². The molecule has 1 N–H and O–H groups in total. The molecule has 6 fully saturated rings. The van der Waals surface area contributed by atoms with Crippen molar-refractivity contribution in [3.05, 3.63) is 0 Å². The number of aliphatic hydroxyl groups is 1. The molecule has 0 aromatic heterocycles. The molecule has 5 saturated carbocycles. The molecule has 0 bridgehead atoms. The van der Waals surface area contributed by atoms with Crippen LogP contribution in [0.3, 0.4) is 0 Å². The lowest BCUT2D eigenvalue weighted by Gasteiger charge is -2.72. The molecule has 10 atom stereocenters. The van der Waals surface area contributed by atoms with E-state index in [0.717, 1.165) is 19.3 Å². The number of hydrogen-bond acceptors (Lipinski definition) is 3. The molecule has 0 aromatic rings. The molecule has 3 heteroatoms. The summed E-state index contributed by atoms with van der Waals surface area (Å²) in [7, 11) is 0. The lowest BCUT2D eigenvalue weighted by atomic mass is 9.31. The van der Waals surface area contributed by atoms with E-state index in [1.54, 1.807) is 0 Å². The van der Waals surface area contributed by atoms with Crippen molar-refractivity contribution in [2.24, 2.45) is 50.2 Å². The topological polar surface area (TPSA) is 49.8 Å². The molecule has 0 radical (unpaired) electrons. The Bertz CT molecular complexity index is 906. The second-order valence-electron chi connectivity index (χ2n) is 15.5. The van der Waals surface area contributed by atoms with Gasteiger partial charge in [-0.1, -0.05) is 61.8 Å². The highest BCUT2D eigenvalue weighted by Crippen LogP contribution is 2.83. The molecule has 5 aliphatic carbocycles. The molecular weight excluding hydrogens is 408 g/mol. The van der Waals surface area contributed by atoms with Gasteiger partial charge in [0.05, 0.1) is 12.2 Å². The summed E-state index contributed by atoms with van der Waals surface area (Å²) >= 11 is 0. The predicted molar refractivity (Wildman–Crippen MR) is 131 cm³/mol. The van der Waals surface area contributed by atoms with E-state index in [0.29, 0.717) is 34.9 Å². The first-order valence-corrected chi connectivity index (χ1v) is 14.0. The molecule has 1 aliphatic heterocycles. The molecule has 1 heterocycles. The average Bonchev–Trinajstić information content (AvgIpc) is 3.44. The average molecular weight is 457 g/mol. The quantitative estimate of drug-likeness (QED) is 0.420. The highest BCUT2D eigenvalue weighted by molar-refractivity contribution is 5.85. The molecular formula is C30H48O3. The summed E-state index contributed by atoms with van der Waals surface area (Å²) < 4.78 is 7.04. The molecule has 0 unspecified atom stereocenters. The molecule has 33 heavy (non-hydrogen) atoms. The Morgan fingerprint density at radius 1 is 0.848 bits per heavy atom. The van der Waals surface area contributed by atoms with E-state index < -0.39 is 6.10 Å². The van der Waals surface area contributed by atoms with Crippen LogP contribution in [-0.2, 0) is 9.53 Å². The van der Waals surface area contributed by atoms with Crippen molar-refractivity contribution in [2.45, 2.75) is 131 Å². The van der Waals surface area contributed by atoms with E-state index in [-0.39, 0.29) is 39.3 Å². The van der Waals surface area contributed by atoms with Crippen LogP contribution in [0.5, 0.6) is 0 Å². The molecule has 1 saturated heterocycles. The minimum Gasteiger partial charge on any atom is -0.392 e. The third kappa shape index (κ3) is 2.22. The van der Waals surface area contributed by atoms with Crippen molar-refractivity contribution >= 4 is 5.78 Å². The Labute approximate surface area is 201 Å².